The van der Waals surface area contributed by atoms with Crippen LogP contribution in [-0.4, -0.2) is 0 Å². The molecule has 1 aromatic carbocycles. The average Bonchev–Trinajstić information content (AvgIpc) is 2.25. The van der Waals surface area contributed by atoms with Crippen LogP contribution in [0, 0.1) is 17.6 Å². The first-order valence-electron chi connectivity index (χ1n) is 5.68. The summed E-state index contributed by atoms with van der Waals surface area (Å²) < 4.78 is 26.6. The summed E-state index contributed by atoms with van der Waals surface area (Å²) in [7, 11) is 0. The molecule has 2 heteroatoms. The molecule has 0 nitrogen and oxygen atoms in total. The maximum absolute atomic E-state index is 13.5. The average molecular weight is 210 g/mol. The number of hydrogen-bond acceptors (Lipinski definition) is 0. The number of rotatable bonds is 2. The van der Waals surface area contributed by atoms with Gasteiger partial charge in [0.25, 0.3) is 0 Å². The van der Waals surface area contributed by atoms with E-state index in [0.717, 1.165) is 31.2 Å². The van der Waals surface area contributed by atoms with E-state index in [1.807, 2.05) is 0 Å². The molecular weight excluding hydrogens is 194 g/mol. The molecule has 0 saturated carbocycles. The SMILES string of the molecule is CCC[C@H]1CCc2ccc(F)c(F)c2C1. The maximum atomic E-state index is 13.5. The molecule has 0 amide bonds. The van der Waals surface area contributed by atoms with Crippen LogP contribution in [0.15, 0.2) is 12.1 Å². The van der Waals surface area contributed by atoms with Crippen molar-refractivity contribution >= 4 is 0 Å². The maximum Gasteiger partial charge on any atom is 0.162 e. The third-order valence-electron chi connectivity index (χ3n) is 3.30. The zero-order valence-electron chi connectivity index (χ0n) is 9.02. The number of hydrogen-bond donors (Lipinski definition) is 0. The summed E-state index contributed by atoms with van der Waals surface area (Å²) in [6.45, 7) is 2.14. The fraction of sp³-hybridized carbons (Fsp3) is 0.538. The molecule has 2 rings (SSSR count). The van der Waals surface area contributed by atoms with E-state index < -0.39 is 11.6 Å². The molecule has 0 heterocycles. The lowest BCUT2D eigenvalue weighted by Gasteiger charge is -2.24. The Bertz CT molecular complexity index is 358. The van der Waals surface area contributed by atoms with Gasteiger partial charge < -0.3 is 0 Å². The summed E-state index contributed by atoms with van der Waals surface area (Å²) in [6, 6.07) is 2.98. The quantitative estimate of drug-likeness (QED) is 0.695. The molecule has 0 fully saturated rings. The van der Waals surface area contributed by atoms with Crippen LogP contribution in [0.4, 0.5) is 8.78 Å². The van der Waals surface area contributed by atoms with E-state index in [4.69, 9.17) is 0 Å². The molecule has 0 aromatic heterocycles. The normalized spacial score (nSPS) is 20.1. The highest BCUT2D eigenvalue weighted by atomic mass is 19.2. The highest BCUT2D eigenvalue weighted by molar-refractivity contribution is 5.32. The van der Waals surface area contributed by atoms with Crippen molar-refractivity contribution in [1.82, 2.24) is 0 Å². The van der Waals surface area contributed by atoms with E-state index in [-0.39, 0.29) is 0 Å². The van der Waals surface area contributed by atoms with Gasteiger partial charge >= 0.3 is 0 Å². The molecule has 0 saturated heterocycles. The Labute approximate surface area is 89.3 Å². The van der Waals surface area contributed by atoms with Crippen molar-refractivity contribution in [3.8, 4) is 0 Å². The molecule has 1 atom stereocenters. The van der Waals surface area contributed by atoms with Gasteiger partial charge in [-0.1, -0.05) is 25.8 Å². The molecule has 0 spiro atoms. The second kappa shape index (κ2) is 4.30. The predicted molar refractivity (Wildman–Crippen MR) is 56.8 cm³/mol. The molecule has 1 aliphatic carbocycles. The molecule has 0 aliphatic heterocycles. The topological polar surface area (TPSA) is 0 Å². The molecule has 0 radical (unpaired) electrons. The predicted octanol–water partition coefficient (Wildman–Crippen LogP) is 3.87. The van der Waals surface area contributed by atoms with Gasteiger partial charge in [-0.25, -0.2) is 8.78 Å². The Morgan fingerprint density at radius 2 is 2.13 bits per heavy atom. The molecule has 15 heavy (non-hydrogen) atoms. The molecule has 1 aromatic rings. The van der Waals surface area contributed by atoms with Crippen molar-refractivity contribution in [2.75, 3.05) is 0 Å². The van der Waals surface area contributed by atoms with E-state index in [0.29, 0.717) is 17.9 Å². The van der Waals surface area contributed by atoms with Gasteiger partial charge in [0.1, 0.15) is 0 Å². The van der Waals surface area contributed by atoms with E-state index in [1.54, 1.807) is 6.07 Å². The summed E-state index contributed by atoms with van der Waals surface area (Å²) in [6.07, 6.45) is 4.97. The number of benzene rings is 1. The smallest absolute Gasteiger partial charge is 0.162 e. The van der Waals surface area contributed by atoms with E-state index in [2.05, 4.69) is 6.92 Å². The van der Waals surface area contributed by atoms with Crippen molar-refractivity contribution in [2.45, 2.75) is 39.0 Å². The van der Waals surface area contributed by atoms with Gasteiger partial charge in [-0.2, -0.15) is 0 Å². The first-order chi connectivity index (χ1) is 7.22. The molecule has 1 aliphatic rings. The molecule has 0 unspecified atom stereocenters. The first kappa shape index (κ1) is 10.6. The van der Waals surface area contributed by atoms with Gasteiger partial charge in [0.2, 0.25) is 0 Å². The minimum absolute atomic E-state index is 0.541. The van der Waals surface area contributed by atoms with Gasteiger partial charge in [-0.15, -0.1) is 0 Å². The van der Waals surface area contributed by atoms with E-state index in [9.17, 15) is 8.78 Å². The number of halogens is 2. The monoisotopic (exact) mass is 210 g/mol. The van der Waals surface area contributed by atoms with Gasteiger partial charge in [0.05, 0.1) is 0 Å². The van der Waals surface area contributed by atoms with Crippen LogP contribution in [0.5, 0.6) is 0 Å². The zero-order chi connectivity index (χ0) is 10.8. The third kappa shape index (κ3) is 2.04. The van der Waals surface area contributed by atoms with Crippen LogP contribution < -0.4 is 0 Å². The van der Waals surface area contributed by atoms with Crippen LogP contribution in [0.1, 0.15) is 37.3 Å². The Kier molecular flexibility index (Phi) is 3.03. The largest absolute Gasteiger partial charge is 0.204 e. The highest BCUT2D eigenvalue weighted by Gasteiger charge is 2.22. The molecule has 0 bridgehead atoms. The Morgan fingerprint density at radius 1 is 1.33 bits per heavy atom. The van der Waals surface area contributed by atoms with E-state index in [1.165, 1.54) is 6.07 Å². The zero-order valence-corrected chi connectivity index (χ0v) is 9.02. The van der Waals surface area contributed by atoms with Gasteiger partial charge in [-0.3, -0.25) is 0 Å². The Hall–Kier alpha value is -0.920. The Balaban J connectivity index is 2.27. The van der Waals surface area contributed by atoms with Crippen molar-refractivity contribution < 1.29 is 8.78 Å². The lowest BCUT2D eigenvalue weighted by atomic mass is 9.81. The second-order valence-corrected chi connectivity index (χ2v) is 4.40. The minimum atomic E-state index is -0.703. The summed E-state index contributed by atoms with van der Waals surface area (Å²) in [5, 5.41) is 0. The van der Waals surface area contributed by atoms with Gasteiger partial charge in [0.15, 0.2) is 11.6 Å². The standard InChI is InChI=1S/C13H16F2/c1-2-3-9-4-5-10-6-7-12(14)13(15)11(10)8-9/h6-7,9H,2-5,8H2,1H3/t9-/m0/s1. The fourth-order valence-corrected chi connectivity index (χ4v) is 2.49. The summed E-state index contributed by atoms with van der Waals surface area (Å²) in [4.78, 5) is 0. The van der Waals surface area contributed by atoms with Crippen molar-refractivity contribution in [2.24, 2.45) is 5.92 Å². The molecular formula is C13H16F2. The summed E-state index contributed by atoms with van der Waals surface area (Å²) in [5.41, 5.74) is 1.63. The number of aryl methyl sites for hydroxylation is 1. The fourth-order valence-electron chi connectivity index (χ4n) is 2.49. The highest BCUT2D eigenvalue weighted by Crippen LogP contribution is 2.30. The van der Waals surface area contributed by atoms with Gasteiger partial charge in [0, 0.05) is 0 Å². The van der Waals surface area contributed by atoms with Crippen LogP contribution >= 0.6 is 0 Å². The summed E-state index contributed by atoms with van der Waals surface area (Å²) >= 11 is 0. The lowest BCUT2D eigenvalue weighted by molar-refractivity contribution is 0.402. The van der Waals surface area contributed by atoms with Crippen molar-refractivity contribution in [3.63, 3.8) is 0 Å². The van der Waals surface area contributed by atoms with Crippen LogP contribution in [0.3, 0.4) is 0 Å². The van der Waals surface area contributed by atoms with Crippen molar-refractivity contribution in [1.29, 1.82) is 0 Å². The van der Waals surface area contributed by atoms with Gasteiger partial charge in [-0.05, 0) is 42.4 Å². The van der Waals surface area contributed by atoms with Crippen LogP contribution in [-0.2, 0) is 12.8 Å². The van der Waals surface area contributed by atoms with E-state index >= 15 is 0 Å². The Morgan fingerprint density at radius 3 is 2.87 bits per heavy atom. The summed E-state index contributed by atoms with van der Waals surface area (Å²) in [5.74, 6) is -0.780. The third-order valence-corrected chi connectivity index (χ3v) is 3.30. The first-order valence-corrected chi connectivity index (χ1v) is 5.68. The minimum Gasteiger partial charge on any atom is -0.204 e. The molecule has 0 N–H and O–H groups in total. The number of fused-ring (bicyclic) bond motifs is 1. The second-order valence-electron chi connectivity index (χ2n) is 4.40. The van der Waals surface area contributed by atoms with Crippen LogP contribution in [0.25, 0.3) is 0 Å². The molecule has 82 valence electrons. The van der Waals surface area contributed by atoms with Crippen molar-refractivity contribution in [3.05, 3.63) is 34.9 Å². The van der Waals surface area contributed by atoms with Crippen LogP contribution in [0.2, 0.25) is 0 Å². The lowest BCUT2D eigenvalue weighted by Crippen LogP contribution is -2.16.